The number of rotatable bonds is 9. The predicted octanol–water partition coefficient (Wildman–Crippen LogP) is 4.58. The minimum atomic E-state index is -0.663. The van der Waals surface area contributed by atoms with Gasteiger partial charge in [0.1, 0.15) is 18.1 Å². The second kappa shape index (κ2) is 12.3. The molecule has 1 unspecified atom stereocenters. The summed E-state index contributed by atoms with van der Waals surface area (Å²) in [7, 11) is 0. The lowest BCUT2D eigenvalue weighted by molar-refractivity contribution is -0.140. The fourth-order valence-corrected chi connectivity index (χ4v) is 5.07. The SMILES string of the molecule is CCc1ccc(C2/C(=C(\O)c3ccc(OCc4ccccc4)cc3)C(=O)C(=O)N2CCN2CCOCC2)cc1. The number of ether oxygens (including phenoxy) is 2. The number of hydrogen-bond acceptors (Lipinski definition) is 6. The number of aliphatic hydroxyl groups is 1. The van der Waals surface area contributed by atoms with Gasteiger partial charge in [0.15, 0.2) is 0 Å². The molecule has 39 heavy (non-hydrogen) atoms. The molecule has 2 fully saturated rings. The molecule has 1 amide bonds. The largest absolute Gasteiger partial charge is 0.507 e. The van der Waals surface area contributed by atoms with Crippen LogP contribution < -0.4 is 4.74 Å². The average Bonchev–Trinajstić information content (AvgIpc) is 3.25. The zero-order valence-corrected chi connectivity index (χ0v) is 22.2. The van der Waals surface area contributed by atoms with E-state index in [0.29, 0.717) is 44.2 Å². The van der Waals surface area contributed by atoms with E-state index in [-0.39, 0.29) is 11.3 Å². The molecule has 202 valence electrons. The molecule has 0 radical (unpaired) electrons. The van der Waals surface area contributed by atoms with E-state index in [1.807, 2.05) is 54.6 Å². The van der Waals surface area contributed by atoms with E-state index in [9.17, 15) is 14.7 Å². The lowest BCUT2D eigenvalue weighted by Gasteiger charge is -2.31. The molecule has 0 spiro atoms. The van der Waals surface area contributed by atoms with E-state index >= 15 is 0 Å². The first-order valence-electron chi connectivity index (χ1n) is 13.5. The van der Waals surface area contributed by atoms with Crippen molar-refractivity contribution in [3.63, 3.8) is 0 Å². The normalized spacial score (nSPS) is 19.4. The monoisotopic (exact) mass is 526 g/mol. The van der Waals surface area contributed by atoms with Gasteiger partial charge in [0.25, 0.3) is 11.7 Å². The first kappa shape index (κ1) is 26.7. The van der Waals surface area contributed by atoms with Gasteiger partial charge in [-0.1, -0.05) is 61.5 Å². The zero-order chi connectivity index (χ0) is 27.2. The van der Waals surface area contributed by atoms with Crippen LogP contribution in [0.25, 0.3) is 5.76 Å². The molecule has 1 atom stereocenters. The summed E-state index contributed by atoms with van der Waals surface area (Å²) < 4.78 is 11.3. The number of hydrogen-bond donors (Lipinski definition) is 1. The van der Waals surface area contributed by atoms with Crippen LogP contribution in [0.15, 0.2) is 84.4 Å². The number of morpholine rings is 1. The Morgan fingerprint density at radius 1 is 0.897 bits per heavy atom. The Hall–Kier alpha value is -3.94. The molecule has 3 aromatic rings. The minimum Gasteiger partial charge on any atom is -0.507 e. The Labute approximate surface area is 229 Å². The molecular formula is C32H34N2O5. The molecule has 2 aliphatic rings. The van der Waals surface area contributed by atoms with Crippen molar-refractivity contribution in [3.05, 3.63) is 107 Å². The summed E-state index contributed by atoms with van der Waals surface area (Å²) >= 11 is 0. The summed E-state index contributed by atoms with van der Waals surface area (Å²) in [6, 6.07) is 24.1. The molecule has 5 rings (SSSR count). The third-order valence-electron chi connectivity index (χ3n) is 7.38. The van der Waals surface area contributed by atoms with Gasteiger partial charge >= 0.3 is 0 Å². The van der Waals surface area contributed by atoms with E-state index in [0.717, 1.165) is 36.2 Å². The number of Topliss-reactive ketones (excluding diaryl/α,β-unsaturated/α-hetero) is 1. The van der Waals surface area contributed by atoms with Crippen LogP contribution in [0, 0.1) is 0 Å². The number of amides is 1. The number of carbonyl (C=O) groups excluding carboxylic acids is 2. The van der Waals surface area contributed by atoms with Gasteiger partial charge < -0.3 is 19.5 Å². The Morgan fingerprint density at radius 3 is 2.26 bits per heavy atom. The van der Waals surface area contributed by atoms with E-state index < -0.39 is 17.7 Å². The molecule has 2 aliphatic heterocycles. The van der Waals surface area contributed by atoms with Gasteiger partial charge in [0.2, 0.25) is 0 Å². The molecular weight excluding hydrogens is 492 g/mol. The van der Waals surface area contributed by atoms with Crippen molar-refractivity contribution in [2.45, 2.75) is 26.0 Å². The zero-order valence-electron chi connectivity index (χ0n) is 22.2. The van der Waals surface area contributed by atoms with Gasteiger partial charge in [-0.25, -0.2) is 0 Å². The molecule has 7 heteroatoms. The second-order valence-corrected chi connectivity index (χ2v) is 9.84. The highest BCUT2D eigenvalue weighted by atomic mass is 16.5. The Bertz CT molecular complexity index is 1310. The highest BCUT2D eigenvalue weighted by Crippen LogP contribution is 2.39. The maximum atomic E-state index is 13.3. The first-order valence-corrected chi connectivity index (χ1v) is 13.5. The average molecular weight is 527 g/mol. The highest BCUT2D eigenvalue weighted by Gasteiger charge is 2.46. The number of likely N-dealkylation sites (tertiary alicyclic amines) is 1. The fraction of sp³-hybridized carbons (Fsp3) is 0.312. The summed E-state index contributed by atoms with van der Waals surface area (Å²) in [5.41, 5.74) is 3.59. The number of aryl methyl sites for hydroxylation is 1. The topological polar surface area (TPSA) is 79.3 Å². The van der Waals surface area contributed by atoms with Crippen molar-refractivity contribution in [2.75, 3.05) is 39.4 Å². The van der Waals surface area contributed by atoms with Crippen molar-refractivity contribution in [2.24, 2.45) is 0 Å². The third kappa shape index (κ3) is 6.05. The summed E-state index contributed by atoms with van der Waals surface area (Å²) in [6.07, 6.45) is 0.885. The lowest BCUT2D eigenvalue weighted by atomic mass is 9.94. The van der Waals surface area contributed by atoms with Crippen molar-refractivity contribution in [1.29, 1.82) is 0 Å². The fourth-order valence-electron chi connectivity index (χ4n) is 5.07. The molecule has 2 heterocycles. The smallest absolute Gasteiger partial charge is 0.295 e. The summed E-state index contributed by atoms with van der Waals surface area (Å²) in [5.74, 6) is -0.782. The van der Waals surface area contributed by atoms with Crippen LogP contribution in [-0.4, -0.2) is 66.0 Å². The molecule has 0 aromatic heterocycles. The quantitative estimate of drug-likeness (QED) is 0.250. The molecule has 0 bridgehead atoms. The third-order valence-corrected chi connectivity index (χ3v) is 7.38. The van der Waals surface area contributed by atoms with Crippen LogP contribution in [0.5, 0.6) is 5.75 Å². The standard InChI is InChI=1S/C32H34N2O5/c1-2-23-8-10-25(11-9-23)29-28(31(36)32(37)34(29)17-16-33-18-20-38-21-19-33)30(35)26-12-14-27(15-13-26)39-22-24-6-4-3-5-7-24/h3-15,29,35H,2,16-22H2,1H3/b30-28+. The second-order valence-electron chi connectivity index (χ2n) is 9.84. The molecule has 2 saturated heterocycles. The summed E-state index contributed by atoms with van der Waals surface area (Å²) in [6.45, 7) is 6.42. The Balaban J connectivity index is 1.42. The molecule has 0 aliphatic carbocycles. The number of carbonyl (C=O) groups is 2. The minimum absolute atomic E-state index is 0.115. The molecule has 1 N–H and O–H groups in total. The van der Waals surface area contributed by atoms with Gasteiger partial charge in [0, 0.05) is 31.7 Å². The van der Waals surface area contributed by atoms with E-state index in [1.165, 1.54) is 0 Å². The van der Waals surface area contributed by atoms with E-state index in [4.69, 9.17) is 9.47 Å². The number of aliphatic hydroxyl groups excluding tert-OH is 1. The van der Waals surface area contributed by atoms with Crippen molar-refractivity contribution in [1.82, 2.24) is 9.80 Å². The molecule has 3 aromatic carbocycles. The number of ketones is 1. The Kier molecular flexibility index (Phi) is 8.39. The summed E-state index contributed by atoms with van der Waals surface area (Å²) in [5, 5.41) is 11.4. The number of benzene rings is 3. The maximum absolute atomic E-state index is 13.3. The van der Waals surface area contributed by atoms with Crippen molar-refractivity contribution in [3.8, 4) is 5.75 Å². The van der Waals surface area contributed by atoms with Crippen LogP contribution >= 0.6 is 0 Å². The molecule has 0 saturated carbocycles. The lowest BCUT2D eigenvalue weighted by Crippen LogP contribution is -2.42. The highest BCUT2D eigenvalue weighted by molar-refractivity contribution is 6.46. The first-order chi connectivity index (χ1) is 19.0. The maximum Gasteiger partial charge on any atom is 0.295 e. The van der Waals surface area contributed by atoms with E-state index in [1.54, 1.807) is 29.2 Å². The van der Waals surface area contributed by atoms with Crippen LogP contribution in [0.2, 0.25) is 0 Å². The van der Waals surface area contributed by atoms with Gasteiger partial charge in [-0.15, -0.1) is 0 Å². The van der Waals surface area contributed by atoms with Gasteiger partial charge in [-0.3, -0.25) is 14.5 Å². The van der Waals surface area contributed by atoms with Gasteiger partial charge in [0.05, 0.1) is 24.8 Å². The summed E-state index contributed by atoms with van der Waals surface area (Å²) in [4.78, 5) is 30.4. The Morgan fingerprint density at radius 2 is 1.59 bits per heavy atom. The van der Waals surface area contributed by atoms with Crippen molar-refractivity contribution >= 4 is 17.4 Å². The van der Waals surface area contributed by atoms with E-state index in [2.05, 4.69) is 11.8 Å². The van der Waals surface area contributed by atoms with Gasteiger partial charge in [-0.2, -0.15) is 0 Å². The van der Waals surface area contributed by atoms with Crippen LogP contribution in [-0.2, 0) is 27.4 Å². The van der Waals surface area contributed by atoms with Crippen LogP contribution in [0.1, 0.15) is 35.2 Å². The van der Waals surface area contributed by atoms with Crippen molar-refractivity contribution < 1.29 is 24.2 Å². The number of nitrogens with zero attached hydrogens (tertiary/aromatic N) is 2. The predicted molar refractivity (Wildman–Crippen MR) is 149 cm³/mol. The van der Waals surface area contributed by atoms with Crippen LogP contribution in [0.4, 0.5) is 0 Å². The van der Waals surface area contributed by atoms with Gasteiger partial charge in [-0.05, 0) is 47.4 Å². The van der Waals surface area contributed by atoms with Crippen LogP contribution in [0.3, 0.4) is 0 Å². The molecule has 7 nitrogen and oxygen atoms in total.